The molecule has 5 nitrogen and oxygen atoms in total. The van der Waals surface area contributed by atoms with Crippen molar-refractivity contribution in [3.05, 3.63) is 42.2 Å². The summed E-state index contributed by atoms with van der Waals surface area (Å²) in [6.07, 6.45) is 6.37. The molecular weight excluding hydrogens is 312 g/mol. The molecule has 1 aliphatic rings. The number of aromatic nitrogens is 2. The standard InChI is InChI=1S/C20H26N4O/c1-14-3-7-18(8-4-14)24-19(25)13-22-17-9-5-16(6-10-17)20-21-12-11-15(2)23-20/h5-6,9-12,14,18,22H,3-4,7-8,13H2,1-2H3,(H,24,25). The van der Waals surface area contributed by atoms with Crippen LogP contribution in [0.5, 0.6) is 0 Å². The number of anilines is 1. The second-order valence-electron chi connectivity index (χ2n) is 6.98. The molecule has 1 heterocycles. The first-order valence-corrected chi connectivity index (χ1v) is 9.03. The van der Waals surface area contributed by atoms with Crippen LogP contribution in [0, 0.1) is 12.8 Å². The zero-order valence-corrected chi connectivity index (χ0v) is 15.0. The maximum absolute atomic E-state index is 12.1. The van der Waals surface area contributed by atoms with Crippen LogP contribution in [0.4, 0.5) is 5.69 Å². The molecule has 3 rings (SSSR count). The van der Waals surface area contributed by atoms with Gasteiger partial charge in [0, 0.05) is 29.2 Å². The third-order valence-corrected chi connectivity index (χ3v) is 4.77. The monoisotopic (exact) mass is 338 g/mol. The number of amides is 1. The van der Waals surface area contributed by atoms with Crippen LogP contribution in [-0.4, -0.2) is 28.5 Å². The van der Waals surface area contributed by atoms with Gasteiger partial charge in [-0.05, 0) is 68.9 Å². The molecule has 1 fully saturated rings. The lowest BCUT2D eigenvalue weighted by atomic mass is 9.87. The number of carbonyl (C=O) groups is 1. The fraction of sp³-hybridized carbons (Fsp3) is 0.450. The first-order chi connectivity index (χ1) is 12.1. The number of nitrogens with zero attached hydrogens (tertiary/aromatic N) is 2. The highest BCUT2D eigenvalue weighted by atomic mass is 16.1. The lowest BCUT2D eigenvalue weighted by molar-refractivity contribution is -0.120. The maximum atomic E-state index is 12.1. The predicted octanol–water partition coefficient (Wildman–Crippen LogP) is 3.56. The summed E-state index contributed by atoms with van der Waals surface area (Å²) in [6, 6.07) is 10.1. The molecule has 1 amide bonds. The molecule has 0 bridgehead atoms. The molecule has 1 aromatic heterocycles. The van der Waals surface area contributed by atoms with Crippen LogP contribution in [0.25, 0.3) is 11.4 Å². The van der Waals surface area contributed by atoms with Crippen molar-refractivity contribution in [3.63, 3.8) is 0 Å². The second-order valence-corrected chi connectivity index (χ2v) is 6.98. The highest BCUT2D eigenvalue weighted by Gasteiger charge is 2.19. The van der Waals surface area contributed by atoms with Gasteiger partial charge in [-0.2, -0.15) is 0 Å². The largest absolute Gasteiger partial charge is 0.376 e. The summed E-state index contributed by atoms with van der Waals surface area (Å²) in [5, 5.41) is 6.31. The Morgan fingerprint density at radius 1 is 1.12 bits per heavy atom. The van der Waals surface area contributed by atoms with E-state index in [0.29, 0.717) is 12.6 Å². The van der Waals surface area contributed by atoms with Crippen LogP contribution in [0.1, 0.15) is 38.3 Å². The Bertz CT molecular complexity index is 706. The van der Waals surface area contributed by atoms with Gasteiger partial charge < -0.3 is 10.6 Å². The van der Waals surface area contributed by atoms with Crippen molar-refractivity contribution in [3.8, 4) is 11.4 Å². The van der Waals surface area contributed by atoms with Crippen molar-refractivity contribution < 1.29 is 4.79 Å². The Morgan fingerprint density at radius 2 is 1.84 bits per heavy atom. The van der Waals surface area contributed by atoms with Gasteiger partial charge in [0.15, 0.2) is 5.82 Å². The average Bonchev–Trinajstić information content (AvgIpc) is 2.62. The van der Waals surface area contributed by atoms with Crippen molar-refractivity contribution >= 4 is 11.6 Å². The van der Waals surface area contributed by atoms with Gasteiger partial charge in [0.2, 0.25) is 5.91 Å². The summed E-state index contributed by atoms with van der Waals surface area (Å²) in [4.78, 5) is 20.8. The van der Waals surface area contributed by atoms with Gasteiger partial charge >= 0.3 is 0 Å². The summed E-state index contributed by atoms with van der Waals surface area (Å²) >= 11 is 0. The van der Waals surface area contributed by atoms with Gasteiger partial charge in [-0.3, -0.25) is 4.79 Å². The average molecular weight is 338 g/mol. The number of nitrogens with one attached hydrogen (secondary N) is 2. The maximum Gasteiger partial charge on any atom is 0.239 e. The van der Waals surface area contributed by atoms with Crippen LogP contribution in [-0.2, 0) is 4.79 Å². The molecule has 0 radical (unpaired) electrons. The number of hydrogen-bond acceptors (Lipinski definition) is 4. The zero-order chi connectivity index (χ0) is 17.6. The van der Waals surface area contributed by atoms with E-state index in [2.05, 4.69) is 27.5 Å². The third-order valence-electron chi connectivity index (χ3n) is 4.77. The van der Waals surface area contributed by atoms with E-state index in [1.54, 1.807) is 6.20 Å². The molecule has 5 heteroatoms. The molecule has 0 aliphatic heterocycles. The molecule has 2 aromatic rings. The van der Waals surface area contributed by atoms with Gasteiger partial charge in [-0.1, -0.05) is 6.92 Å². The van der Waals surface area contributed by atoms with Crippen LogP contribution >= 0.6 is 0 Å². The van der Waals surface area contributed by atoms with E-state index in [-0.39, 0.29) is 5.91 Å². The van der Waals surface area contributed by atoms with E-state index in [4.69, 9.17) is 0 Å². The summed E-state index contributed by atoms with van der Waals surface area (Å²) in [7, 11) is 0. The van der Waals surface area contributed by atoms with Crippen molar-refractivity contribution in [1.29, 1.82) is 0 Å². The van der Waals surface area contributed by atoms with Crippen LogP contribution in [0.3, 0.4) is 0 Å². The summed E-state index contributed by atoms with van der Waals surface area (Å²) in [5.74, 6) is 1.57. The highest BCUT2D eigenvalue weighted by Crippen LogP contribution is 2.23. The summed E-state index contributed by atoms with van der Waals surface area (Å²) in [6.45, 7) is 4.53. The Kier molecular flexibility index (Phi) is 5.64. The van der Waals surface area contributed by atoms with Crippen molar-refractivity contribution in [2.45, 2.75) is 45.6 Å². The van der Waals surface area contributed by atoms with E-state index in [9.17, 15) is 4.79 Å². The van der Waals surface area contributed by atoms with E-state index >= 15 is 0 Å². The minimum absolute atomic E-state index is 0.0608. The third kappa shape index (κ3) is 5.02. The number of rotatable bonds is 5. The van der Waals surface area contributed by atoms with Gasteiger partial charge in [0.1, 0.15) is 0 Å². The van der Waals surface area contributed by atoms with Crippen molar-refractivity contribution in [1.82, 2.24) is 15.3 Å². The molecule has 0 saturated heterocycles. The van der Waals surface area contributed by atoms with Gasteiger partial charge in [-0.25, -0.2) is 9.97 Å². The summed E-state index contributed by atoms with van der Waals surface area (Å²) < 4.78 is 0. The van der Waals surface area contributed by atoms with E-state index in [1.807, 2.05) is 37.3 Å². The van der Waals surface area contributed by atoms with Crippen LogP contribution < -0.4 is 10.6 Å². The zero-order valence-electron chi connectivity index (χ0n) is 15.0. The first-order valence-electron chi connectivity index (χ1n) is 9.03. The minimum Gasteiger partial charge on any atom is -0.376 e. The summed E-state index contributed by atoms with van der Waals surface area (Å²) in [5.41, 5.74) is 2.83. The number of aryl methyl sites for hydroxylation is 1. The number of hydrogen-bond donors (Lipinski definition) is 2. The molecule has 1 saturated carbocycles. The van der Waals surface area contributed by atoms with Gasteiger partial charge in [-0.15, -0.1) is 0 Å². The molecule has 1 aromatic carbocycles. The number of benzene rings is 1. The Hall–Kier alpha value is -2.43. The van der Waals surface area contributed by atoms with E-state index in [0.717, 1.165) is 41.5 Å². The molecule has 0 unspecified atom stereocenters. The van der Waals surface area contributed by atoms with Crippen molar-refractivity contribution in [2.75, 3.05) is 11.9 Å². The molecule has 0 spiro atoms. The molecular formula is C20H26N4O. The van der Waals surface area contributed by atoms with Crippen LogP contribution in [0.15, 0.2) is 36.5 Å². The smallest absolute Gasteiger partial charge is 0.239 e. The topological polar surface area (TPSA) is 66.9 Å². The molecule has 1 aliphatic carbocycles. The fourth-order valence-corrected chi connectivity index (χ4v) is 3.19. The Labute approximate surface area is 149 Å². The SMILES string of the molecule is Cc1ccnc(-c2ccc(NCC(=O)NC3CCC(C)CC3)cc2)n1. The minimum atomic E-state index is 0.0608. The first kappa shape index (κ1) is 17.4. The molecule has 2 N–H and O–H groups in total. The van der Waals surface area contributed by atoms with Gasteiger partial charge in [0.05, 0.1) is 6.54 Å². The van der Waals surface area contributed by atoms with Gasteiger partial charge in [0.25, 0.3) is 0 Å². The fourth-order valence-electron chi connectivity index (χ4n) is 3.19. The van der Waals surface area contributed by atoms with Crippen LogP contribution in [0.2, 0.25) is 0 Å². The Balaban J connectivity index is 1.49. The van der Waals surface area contributed by atoms with E-state index in [1.165, 1.54) is 12.8 Å². The molecule has 0 atom stereocenters. The highest BCUT2D eigenvalue weighted by molar-refractivity contribution is 5.81. The lowest BCUT2D eigenvalue weighted by Gasteiger charge is -2.27. The lowest BCUT2D eigenvalue weighted by Crippen LogP contribution is -2.40. The Morgan fingerprint density at radius 3 is 2.52 bits per heavy atom. The number of carbonyl (C=O) groups excluding carboxylic acids is 1. The molecule has 132 valence electrons. The quantitative estimate of drug-likeness (QED) is 0.875. The second kappa shape index (κ2) is 8.10. The van der Waals surface area contributed by atoms with E-state index < -0.39 is 0 Å². The normalized spacial score (nSPS) is 20.1. The predicted molar refractivity (Wildman–Crippen MR) is 100 cm³/mol. The van der Waals surface area contributed by atoms with Crippen molar-refractivity contribution in [2.24, 2.45) is 5.92 Å². The molecule has 25 heavy (non-hydrogen) atoms.